The number of likely N-dealkylation sites (tertiary alicyclic amines) is 1. The van der Waals surface area contributed by atoms with E-state index in [0.717, 1.165) is 32.0 Å². The number of hydrogen-bond donors (Lipinski definition) is 0. The lowest BCUT2D eigenvalue weighted by molar-refractivity contribution is -0.109. The van der Waals surface area contributed by atoms with Gasteiger partial charge in [-0.25, -0.2) is 4.79 Å². The molecule has 1 atom stereocenters. The molecule has 0 aromatic carbocycles. The van der Waals surface area contributed by atoms with Gasteiger partial charge in [0.1, 0.15) is 0 Å². The summed E-state index contributed by atoms with van der Waals surface area (Å²) < 4.78 is 0. The van der Waals surface area contributed by atoms with Crippen molar-refractivity contribution in [3.8, 4) is 0 Å². The molecule has 0 radical (unpaired) electrons. The summed E-state index contributed by atoms with van der Waals surface area (Å²) in [4.78, 5) is 21.5. The minimum Gasteiger partial charge on any atom is -0.331 e. The highest BCUT2D eigenvalue weighted by molar-refractivity contribution is 5.74. The molecule has 3 aliphatic rings. The average Bonchev–Trinajstić information content (AvgIpc) is 3.38. The highest BCUT2D eigenvalue weighted by Crippen LogP contribution is 2.46. The van der Waals surface area contributed by atoms with Gasteiger partial charge >= 0.3 is 6.03 Å². The molecule has 2 amide bonds. The molecular weight excluding hydrogens is 312 g/mol. The van der Waals surface area contributed by atoms with Gasteiger partial charge in [0, 0.05) is 64.3 Å². The first-order valence-electron chi connectivity index (χ1n) is 10.1. The van der Waals surface area contributed by atoms with Gasteiger partial charge in [-0.15, -0.1) is 0 Å². The van der Waals surface area contributed by atoms with Crippen LogP contribution in [0.2, 0.25) is 0 Å². The summed E-state index contributed by atoms with van der Waals surface area (Å²) in [6.45, 7) is 15.2. The van der Waals surface area contributed by atoms with Crippen LogP contribution in [0.4, 0.5) is 4.79 Å². The first kappa shape index (κ1) is 20.5. The van der Waals surface area contributed by atoms with Crippen molar-refractivity contribution in [3.05, 3.63) is 0 Å². The molecule has 1 saturated carbocycles. The fraction of sp³-hybridized carbons (Fsp3) is 0.950. The van der Waals surface area contributed by atoms with Crippen molar-refractivity contribution in [2.24, 2.45) is 11.3 Å². The Hall–Kier alpha value is -0.810. The van der Waals surface area contributed by atoms with E-state index < -0.39 is 0 Å². The van der Waals surface area contributed by atoms with Crippen LogP contribution in [0, 0.1) is 11.3 Å². The number of carbonyl (C=O) groups excluding carboxylic acids is 1. The van der Waals surface area contributed by atoms with Gasteiger partial charge in [-0.3, -0.25) is 4.90 Å². The third-order valence-electron chi connectivity index (χ3n) is 6.36. The SMILES string of the molecule is CC.CN1CCN(CC2CC2)C2(CCN(C(=O)N(C)C)CC2(C)C)C1. The van der Waals surface area contributed by atoms with Gasteiger partial charge in [0.2, 0.25) is 0 Å². The standard InChI is InChI=1S/C18H34N4O.C2H6/c1-17(2)13-21(16(23)19(3)4)9-8-18(17)14-20(5)10-11-22(18)12-15-6-7-15;1-2/h15H,6-14H2,1-5H3;1-2H3. The minimum absolute atomic E-state index is 0.112. The first-order chi connectivity index (χ1) is 11.7. The Morgan fingerprint density at radius 2 is 1.72 bits per heavy atom. The second kappa shape index (κ2) is 7.83. The number of hydrogen-bond acceptors (Lipinski definition) is 3. The maximum absolute atomic E-state index is 12.4. The molecule has 0 aromatic heterocycles. The molecule has 5 heteroatoms. The number of amides is 2. The third kappa shape index (κ3) is 4.13. The second-order valence-corrected chi connectivity index (χ2v) is 8.89. The highest BCUT2D eigenvalue weighted by Gasteiger charge is 2.55. The van der Waals surface area contributed by atoms with Gasteiger partial charge in [0.25, 0.3) is 0 Å². The molecule has 1 spiro atoms. The van der Waals surface area contributed by atoms with Crippen LogP contribution in [0.1, 0.15) is 47.0 Å². The summed E-state index contributed by atoms with van der Waals surface area (Å²) in [6, 6.07) is 0.158. The maximum Gasteiger partial charge on any atom is 0.319 e. The molecule has 1 unspecified atom stereocenters. The van der Waals surface area contributed by atoms with E-state index in [0.29, 0.717) is 0 Å². The van der Waals surface area contributed by atoms with E-state index in [1.807, 2.05) is 27.9 Å². The predicted octanol–water partition coefficient (Wildman–Crippen LogP) is 2.82. The summed E-state index contributed by atoms with van der Waals surface area (Å²) in [6.07, 6.45) is 3.92. The fourth-order valence-corrected chi connectivity index (χ4v) is 4.70. The Morgan fingerprint density at radius 1 is 1.08 bits per heavy atom. The molecule has 3 rings (SSSR count). The molecule has 5 nitrogen and oxygen atoms in total. The number of piperidine rings is 1. The largest absolute Gasteiger partial charge is 0.331 e. The van der Waals surface area contributed by atoms with Crippen molar-refractivity contribution in [1.82, 2.24) is 19.6 Å². The van der Waals surface area contributed by atoms with Gasteiger partial charge < -0.3 is 14.7 Å². The molecule has 3 fully saturated rings. The zero-order valence-electron chi connectivity index (χ0n) is 17.6. The molecule has 0 N–H and O–H groups in total. The molecule has 25 heavy (non-hydrogen) atoms. The van der Waals surface area contributed by atoms with E-state index >= 15 is 0 Å². The topological polar surface area (TPSA) is 30.0 Å². The zero-order valence-corrected chi connectivity index (χ0v) is 17.6. The van der Waals surface area contributed by atoms with Crippen LogP contribution in [0.15, 0.2) is 0 Å². The first-order valence-corrected chi connectivity index (χ1v) is 10.1. The Labute approximate surface area is 155 Å². The summed E-state index contributed by atoms with van der Waals surface area (Å²) in [5, 5.41) is 0. The van der Waals surface area contributed by atoms with Gasteiger partial charge in [-0.2, -0.15) is 0 Å². The maximum atomic E-state index is 12.4. The number of nitrogens with zero attached hydrogens (tertiary/aromatic N) is 4. The zero-order chi connectivity index (χ0) is 18.8. The van der Waals surface area contributed by atoms with Crippen molar-refractivity contribution in [2.45, 2.75) is 52.5 Å². The summed E-state index contributed by atoms with van der Waals surface area (Å²) in [5.41, 5.74) is 0.326. The van der Waals surface area contributed by atoms with Crippen molar-refractivity contribution in [2.75, 3.05) is 60.4 Å². The molecule has 1 aliphatic carbocycles. The average molecular weight is 353 g/mol. The lowest BCUT2D eigenvalue weighted by Crippen LogP contribution is -2.73. The normalized spacial score (nSPS) is 30.0. The Kier molecular flexibility index (Phi) is 6.42. The number of carbonyl (C=O) groups is 1. The van der Waals surface area contributed by atoms with Crippen molar-refractivity contribution in [3.63, 3.8) is 0 Å². The Balaban J connectivity index is 0.00000109. The Morgan fingerprint density at radius 3 is 2.24 bits per heavy atom. The number of urea groups is 1. The molecule has 146 valence electrons. The Bertz CT molecular complexity index is 461. The molecule has 2 saturated heterocycles. The van der Waals surface area contributed by atoms with Crippen molar-refractivity contribution in [1.29, 1.82) is 0 Å². The van der Waals surface area contributed by atoms with Gasteiger partial charge in [0.05, 0.1) is 0 Å². The summed E-state index contributed by atoms with van der Waals surface area (Å²) in [5.74, 6) is 0.924. The molecule has 2 aliphatic heterocycles. The molecule has 0 aromatic rings. The van der Waals surface area contributed by atoms with Crippen LogP contribution >= 0.6 is 0 Å². The monoisotopic (exact) mass is 352 g/mol. The van der Waals surface area contributed by atoms with E-state index in [-0.39, 0.29) is 17.0 Å². The van der Waals surface area contributed by atoms with Gasteiger partial charge in [-0.05, 0) is 32.2 Å². The summed E-state index contributed by atoms with van der Waals surface area (Å²) >= 11 is 0. The van der Waals surface area contributed by atoms with E-state index in [4.69, 9.17) is 0 Å². The van der Waals surface area contributed by atoms with E-state index in [2.05, 4.69) is 35.6 Å². The number of piperazine rings is 1. The predicted molar refractivity (Wildman–Crippen MR) is 105 cm³/mol. The lowest BCUT2D eigenvalue weighted by Gasteiger charge is -2.62. The van der Waals surface area contributed by atoms with Crippen molar-refractivity contribution < 1.29 is 4.79 Å². The van der Waals surface area contributed by atoms with Crippen LogP contribution < -0.4 is 0 Å². The van der Waals surface area contributed by atoms with Crippen LogP contribution in [0.3, 0.4) is 0 Å². The fourth-order valence-electron chi connectivity index (χ4n) is 4.70. The quantitative estimate of drug-likeness (QED) is 0.765. The highest BCUT2D eigenvalue weighted by atomic mass is 16.2. The molecular formula is C20H40N4O. The number of rotatable bonds is 2. The van der Waals surface area contributed by atoms with Gasteiger partial charge in [0.15, 0.2) is 0 Å². The molecule has 0 bridgehead atoms. The lowest BCUT2D eigenvalue weighted by atomic mass is 9.65. The summed E-state index contributed by atoms with van der Waals surface area (Å²) in [7, 11) is 5.96. The number of likely N-dealkylation sites (N-methyl/N-ethyl adjacent to an activating group) is 1. The van der Waals surface area contributed by atoms with E-state index in [9.17, 15) is 4.79 Å². The minimum atomic E-state index is 0.112. The van der Waals surface area contributed by atoms with Crippen LogP contribution in [0.25, 0.3) is 0 Å². The van der Waals surface area contributed by atoms with E-state index in [1.54, 1.807) is 4.90 Å². The molecule has 2 heterocycles. The van der Waals surface area contributed by atoms with E-state index in [1.165, 1.54) is 32.5 Å². The van der Waals surface area contributed by atoms with Crippen LogP contribution in [-0.4, -0.2) is 91.6 Å². The third-order valence-corrected chi connectivity index (χ3v) is 6.36. The van der Waals surface area contributed by atoms with Gasteiger partial charge in [-0.1, -0.05) is 27.7 Å². The van der Waals surface area contributed by atoms with Crippen molar-refractivity contribution >= 4 is 6.03 Å². The van der Waals surface area contributed by atoms with Crippen LogP contribution in [0.5, 0.6) is 0 Å². The smallest absolute Gasteiger partial charge is 0.319 e. The second-order valence-electron chi connectivity index (χ2n) is 8.89. The van der Waals surface area contributed by atoms with Crippen LogP contribution in [-0.2, 0) is 0 Å².